The third kappa shape index (κ3) is 1.01. The molecule has 2 N–H and O–H groups in total. The van der Waals surface area contributed by atoms with Gasteiger partial charge in [0, 0.05) is 35.7 Å². The summed E-state index contributed by atoms with van der Waals surface area (Å²) in [5, 5.41) is 1.03. The van der Waals surface area contributed by atoms with Crippen LogP contribution in [0.5, 0.6) is 0 Å². The highest BCUT2D eigenvalue weighted by atomic mass is 14.9. The van der Waals surface area contributed by atoms with Crippen molar-refractivity contribution in [3.05, 3.63) is 36.9 Å². The Balaban J connectivity index is 2.23. The molecule has 14 heavy (non-hydrogen) atoms. The van der Waals surface area contributed by atoms with E-state index in [0.717, 1.165) is 22.4 Å². The third-order valence-electron chi connectivity index (χ3n) is 2.16. The lowest BCUT2D eigenvalue weighted by atomic mass is 10.3. The molecule has 0 unspecified atom stereocenters. The molecule has 0 radical (unpaired) electrons. The molecular formula is C10H8N4. The quantitative estimate of drug-likeness (QED) is 0.607. The van der Waals surface area contributed by atoms with E-state index >= 15 is 0 Å². The monoisotopic (exact) mass is 184 g/mol. The molecular weight excluding hydrogens is 176 g/mol. The number of rotatable bonds is 1. The van der Waals surface area contributed by atoms with Crippen molar-refractivity contribution in [1.29, 1.82) is 0 Å². The van der Waals surface area contributed by atoms with Crippen molar-refractivity contribution in [1.82, 2.24) is 19.9 Å². The van der Waals surface area contributed by atoms with Gasteiger partial charge in [-0.25, -0.2) is 9.97 Å². The first-order valence-corrected chi connectivity index (χ1v) is 4.37. The number of aromatic nitrogens is 4. The molecule has 0 spiro atoms. The lowest BCUT2D eigenvalue weighted by molar-refractivity contribution is 1.21. The molecule has 0 saturated heterocycles. The highest BCUT2D eigenvalue weighted by Crippen LogP contribution is 2.16. The van der Waals surface area contributed by atoms with E-state index in [1.54, 1.807) is 0 Å². The minimum absolute atomic E-state index is 0.737. The molecule has 0 aliphatic rings. The second kappa shape index (κ2) is 2.70. The summed E-state index contributed by atoms with van der Waals surface area (Å²) in [6.07, 6.45) is 7.42. The van der Waals surface area contributed by atoms with E-state index < -0.39 is 0 Å². The van der Waals surface area contributed by atoms with Crippen molar-refractivity contribution >= 4 is 11.0 Å². The molecule has 0 atom stereocenters. The Hall–Kier alpha value is -2.10. The van der Waals surface area contributed by atoms with Crippen LogP contribution in [0.25, 0.3) is 22.4 Å². The lowest BCUT2D eigenvalue weighted by Crippen LogP contribution is -1.86. The molecule has 68 valence electrons. The molecule has 3 aromatic heterocycles. The van der Waals surface area contributed by atoms with Crippen LogP contribution >= 0.6 is 0 Å². The van der Waals surface area contributed by atoms with Gasteiger partial charge in [-0.2, -0.15) is 0 Å². The van der Waals surface area contributed by atoms with Gasteiger partial charge in [0.2, 0.25) is 0 Å². The van der Waals surface area contributed by atoms with Crippen LogP contribution < -0.4 is 0 Å². The van der Waals surface area contributed by atoms with Crippen LogP contribution in [0.2, 0.25) is 0 Å². The summed E-state index contributed by atoms with van der Waals surface area (Å²) < 4.78 is 0. The number of H-pyrrole nitrogens is 2. The summed E-state index contributed by atoms with van der Waals surface area (Å²) >= 11 is 0. The smallest absolute Gasteiger partial charge is 0.163 e. The van der Waals surface area contributed by atoms with Gasteiger partial charge in [-0.1, -0.05) is 0 Å². The van der Waals surface area contributed by atoms with Crippen molar-refractivity contribution in [2.45, 2.75) is 0 Å². The molecule has 0 bridgehead atoms. The first-order valence-electron chi connectivity index (χ1n) is 4.37. The summed E-state index contributed by atoms with van der Waals surface area (Å²) in [5.41, 5.74) is 1.87. The average Bonchev–Trinajstić information content (AvgIpc) is 2.88. The molecule has 0 saturated carbocycles. The van der Waals surface area contributed by atoms with Gasteiger partial charge < -0.3 is 9.97 Å². The Labute approximate surface area is 80.0 Å². The second-order valence-corrected chi connectivity index (χ2v) is 3.07. The van der Waals surface area contributed by atoms with Gasteiger partial charge in [0.25, 0.3) is 0 Å². The molecule has 4 heteroatoms. The van der Waals surface area contributed by atoms with E-state index in [0.29, 0.717) is 0 Å². The van der Waals surface area contributed by atoms with Crippen LogP contribution in [-0.4, -0.2) is 19.9 Å². The molecule has 0 aliphatic heterocycles. The summed E-state index contributed by atoms with van der Waals surface area (Å²) in [4.78, 5) is 14.7. The van der Waals surface area contributed by atoms with Gasteiger partial charge in [-0.05, 0) is 12.1 Å². The Morgan fingerprint density at radius 1 is 1.14 bits per heavy atom. The Morgan fingerprint density at radius 3 is 3.00 bits per heavy atom. The number of aromatic amines is 2. The highest BCUT2D eigenvalue weighted by molar-refractivity contribution is 5.76. The molecule has 0 aliphatic carbocycles. The first kappa shape index (κ1) is 7.32. The van der Waals surface area contributed by atoms with Gasteiger partial charge in [0.15, 0.2) is 5.82 Å². The number of nitrogens with one attached hydrogen (secondary N) is 2. The highest BCUT2D eigenvalue weighted by Gasteiger charge is 2.02. The number of fused-ring (bicyclic) bond motifs is 1. The van der Waals surface area contributed by atoms with E-state index in [1.165, 1.54) is 0 Å². The fourth-order valence-electron chi connectivity index (χ4n) is 1.44. The number of hydrogen-bond donors (Lipinski definition) is 2. The predicted octanol–water partition coefficient (Wildman–Crippen LogP) is 1.95. The maximum Gasteiger partial charge on any atom is 0.163 e. The van der Waals surface area contributed by atoms with Crippen molar-refractivity contribution in [2.24, 2.45) is 0 Å². The Bertz CT molecular complexity index is 550. The van der Waals surface area contributed by atoms with Crippen molar-refractivity contribution in [3.63, 3.8) is 0 Å². The van der Waals surface area contributed by atoms with Crippen molar-refractivity contribution < 1.29 is 0 Å². The topological polar surface area (TPSA) is 57.4 Å². The fraction of sp³-hybridized carbons (Fsp3) is 0. The average molecular weight is 184 g/mol. The zero-order valence-corrected chi connectivity index (χ0v) is 7.36. The van der Waals surface area contributed by atoms with Gasteiger partial charge in [0.1, 0.15) is 5.65 Å². The standard InChI is InChI=1S/C10H8N4/c1-3-11-5-7(1)10-13-6-8-2-4-12-9(8)14-10/h1-6,11H,(H,12,13,14). The van der Waals surface area contributed by atoms with Gasteiger partial charge >= 0.3 is 0 Å². The van der Waals surface area contributed by atoms with Gasteiger partial charge in [-0.15, -0.1) is 0 Å². The van der Waals surface area contributed by atoms with Crippen LogP contribution in [0, 0.1) is 0 Å². The number of nitrogens with zero attached hydrogens (tertiary/aromatic N) is 2. The van der Waals surface area contributed by atoms with Crippen molar-refractivity contribution in [3.8, 4) is 11.4 Å². The Kier molecular flexibility index (Phi) is 1.41. The molecule has 0 aromatic carbocycles. The SMILES string of the molecule is c1cc(-c2ncc3cc[nH]c3n2)c[nH]1. The van der Waals surface area contributed by atoms with Crippen LogP contribution in [0.4, 0.5) is 0 Å². The maximum atomic E-state index is 4.39. The predicted molar refractivity (Wildman–Crippen MR) is 53.7 cm³/mol. The molecule has 0 fully saturated rings. The summed E-state index contributed by atoms with van der Waals surface area (Å²) in [6.45, 7) is 0. The van der Waals surface area contributed by atoms with E-state index in [2.05, 4.69) is 19.9 Å². The number of hydrogen-bond acceptors (Lipinski definition) is 2. The lowest BCUT2D eigenvalue weighted by Gasteiger charge is -1.95. The summed E-state index contributed by atoms with van der Waals surface area (Å²) in [7, 11) is 0. The van der Waals surface area contributed by atoms with Crippen LogP contribution in [0.3, 0.4) is 0 Å². The van der Waals surface area contributed by atoms with Crippen LogP contribution in [-0.2, 0) is 0 Å². The fourth-order valence-corrected chi connectivity index (χ4v) is 1.44. The van der Waals surface area contributed by atoms with E-state index in [-0.39, 0.29) is 0 Å². The molecule has 0 amide bonds. The Morgan fingerprint density at radius 2 is 2.14 bits per heavy atom. The second-order valence-electron chi connectivity index (χ2n) is 3.07. The zero-order valence-electron chi connectivity index (χ0n) is 7.36. The van der Waals surface area contributed by atoms with Crippen LogP contribution in [0.15, 0.2) is 36.9 Å². The molecule has 3 heterocycles. The minimum atomic E-state index is 0.737. The summed E-state index contributed by atoms with van der Waals surface area (Å²) in [5.74, 6) is 0.737. The molecule has 3 aromatic rings. The van der Waals surface area contributed by atoms with Gasteiger partial charge in [-0.3, -0.25) is 0 Å². The van der Waals surface area contributed by atoms with E-state index in [1.807, 2.05) is 36.9 Å². The third-order valence-corrected chi connectivity index (χ3v) is 2.16. The largest absolute Gasteiger partial charge is 0.367 e. The van der Waals surface area contributed by atoms with Crippen molar-refractivity contribution in [2.75, 3.05) is 0 Å². The summed E-state index contributed by atoms with van der Waals surface area (Å²) in [6, 6.07) is 3.90. The maximum absolute atomic E-state index is 4.39. The van der Waals surface area contributed by atoms with Crippen LogP contribution in [0.1, 0.15) is 0 Å². The normalized spacial score (nSPS) is 10.9. The molecule has 3 rings (SSSR count). The van der Waals surface area contributed by atoms with E-state index in [9.17, 15) is 0 Å². The zero-order chi connectivity index (χ0) is 9.38. The van der Waals surface area contributed by atoms with E-state index in [4.69, 9.17) is 0 Å². The first-order chi connectivity index (χ1) is 6.93. The molecule has 4 nitrogen and oxygen atoms in total. The van der Waals surface area contributed by atoms with Gasteiger partial charge in [0.05, 0.1) is 0 Å². The minimum Gasteiger partial charge on any atom is -0.367 e.